The number of nitrogens with zero attached hydrogens (tertiary/aromatic N) is 2. The van der Waals surface area contributed by atoms with E-state index >= 15 is 0 Å². The van der Waals surface area contributed by atoms with E-state index in [0.29, 0.717) is 24.1 Å². The van der Waals surface area contributed by atoms with E-state index in [0.717, 1.165) is 0 Å². The fraction of sp³-hybridized carbons (Fsp3) is 0.429. The van der Waals surface area contributed by atoms with Crippen molar-refractivity contribution in [3.63, 3.8) is 0 Å². The van der Waals surface area contributed by atoms with E-state index in [1.807, 2.05) is 6.92 Å². The van der Waals surface area contributed by atoms with E-state index < -0.39 is 10.9 Å². The maximum absolute atomic E-state index is 12.0. The van der Waals surface area contributed by atoms with Crippen LogP contribution in [0.3, 0.4) is 0 Å². The highest BCUT2D eigenvalue weighted by molar-refractivity contribution is 5.96. The summed E-state index contributed by atoms with van der Waals surface area (Å²) < 4.78 is 0. The summed E-state index contributed by atoms with van der Waals surface area (Å²) in [6.45, 7) is 1.60. The molecular weight excluding hydrogens is 276 g/mol. The van der Waals surface area contributed by atoms with Crippen molar-refractivity contribution in [2.75, 3.05) is 18.5 Å². The first-order valence-corrected chi connectivity index (χ1v) is 6.61. The van der Waals surface area contributed by atoms with Crippen LogP contribution < -0.4 is 4.90 Å². The van der Waals surface area contributed by atoms with E-state index in [1.165, 1.54) is 23.1 Å². The molecule has 114 valence electrons. The second-order valence-electron chi connectivity index (χ2n) is 4.66. The highest BCUT2D eigenvalue weighted by Gasteiger charge is 2.17. The first-order valence-electron chi connectivity index (χ1n) is 6.61. The standard InChI is InChI=1S/C14H18N2O5/c1-3-4-13(17)15(2)12-9-11(14(18)19)6-5-10(12)7-8-16(20)21/h5-6,9H,3-4,7-8H2,1-2H3,(H,18,19). The fourth-order valence-electron chi connectivity index (χ4n) is 1.95. The number of carboxylic acid groups (broad SMARTS) is 1. The summed E-state index contributed by atoms with van der Waals surface area (Å²) in [4.78, 5) is 34.4. The van der Waals surface area contributed by atoms with E-state index in [-0.39, 0.29) is 24.4 Å². The zero-order valence-electron chi connectivity index (χ0n) is 12.0. The molecule has 0 aliphatic rings. The number of nitro groups is 1. The minimum atomic E-state index is -1.10. The molecule has 1 aromatic carbocycles. The van der Waals surface area contributed by atoms with Crippen molar-refractivity contribution in [2.24, 2.45) is 0 Å². The number of aromatic carboxylic acids is 1. The predicted molar refractivity (Wildman–Crippen MR) is 77.3 cm³/mol. The zero-order chi connectivity index (χ0) is 16.0. The fourth-order valence-corrected chi connectivity index (χ4v) is 1.95. The van der Waals surface area contributed by atoms with E-state index in [2.05, 4.69) is 0 Å². The molecule has 1 amide bonds. The molecule has 0 fully saturated rings. The van der Waals surface area contributed by atoms with Gasteiger partial charge in [-0.3, -0.25) is 14.9 Å². The molecule has 1 N–H and O–H groups in total. The predicted octanol–water partition coefficient (Wildman–Crippen LogP) is 1.97. The number of carboxylic acids is 1. The summed E-state index contributed by atoms with van der Waals surface area (Å²) >= 11 is 0. The van der Waals surface area contributed by atoms with E-state index in [1.54, 1.807) is 7.05 Å². The van der Waals surface area contributed by atoms with Crippen LogP contribution in [0.5, 0.6) is 0 Å². The summed E-state index contributed by atoms with van der Waals surface area (Å²) in [7, 11) is 1.55. The van der Waals surface area contributed by atoms with Gasteiger partial charge in [-0.25, -0.2) is 4.79 Å². The topological polar surface area (TPSA) is 101 Å². The van der Waals surface area contributed by atoms with Crippen molar-refractivity contribution in [2.45, 2.75) is 26.2 Å². The third-order valence-electron chi connectivity index (χ3n) is 3.10. The van der Waals surface area contributed by atoms with Gasteiger partial charge >= 0.3 is 5.97 Å². The number of carbonyl (C=O) groups excluding carboxylic acids is 1. The van der Waals surface area contributed by atoms with Crippen LogP contribution in [0.1, 0.15) is 35.7 Å². The molecule has 0 unspecified atom stereocenters. The molecule has 0 saturated carbocycles. The molecule has 0 radical (unpaired) electrons. The van der Waals surface area contributed by atoms with Gasteiger partial charge in [0.05, 0.1) is 5.56 Å². The lowest BCUT2D eigenvalue weighted by atomic mass is 10.0. The second-order valence-corrected chi connectivity index (χ2v) is 4.66. The smallest absolute Gasteiger partial charge is 0.335 e. The number of rotatable bonds is 7. The van der Waals surface area contributed by atoms with Crippen LogP contribution in [0.2, 0.25) is 0 Å². The third kappa shape index (κ3) is 4.55. The monoisotopic (exact) mass is 294 g/mol. The lowest BCUT2D eigenvalue weighted by Gasteiger charge is -2.20. The Morgan fingerprint density at radius 1 is 1.38 bits per heavy atom. The Kier molecular flexibility index (Phi) is 5.83. The number of benzene rings is 1. The van der Waals surface area contributed by atoms with Gasteiger partial charge in [-0.2, -0.15) is 0 Å². The van der Waals surface area contributed by atoms with Crippen LogP contribution in [-0.2, 0) is 11.2 Å². The van der Waals surface area contributed by atoms with Gasteiger partial charge in [-0.05, 0) is 24.1 Å². The second kappa shape index (κ2) is 7.37. The summed E-state index contributed by atoms with van der Waals surface area (Å²) in [6.07, 6.45) is 1.15. The van der Waals surface area contributed by atoms with Gasteiger partial charge in [0, 0.05) is 30.5 Å². The highest BCUT2D eigenvalue weighted by Crippen LogP contribution is 2.23. The molecule has 0 aliphatic carbocycles. The Bertz CT molecular complexity index is 556. The van der Waals surface area contributed by atoms with Gasteiger partial charge in [0.25, 0.3) is 0 Å². The quantitative estimate of drug-likeness (QED) is 0.612. The number of hydrogen-bond donors (Lipinski definition) is 1. The first-order chi connectivity index (χ1) is 9.86. The number of hydrogen-bond acceptors (Lipinski definition) is 4. The summed E-state index contributed by atoms with van der Waals surface area (Å²) in [5.41, 5.74) is 1.05. The van der Waals surface area contributed by atoms with E-state index in [9.17, 15) is 19.7 Å². The molecule has 0 heterocycles. The maximum atomic E-state index is 12.0. The molecule has 1 rings (SSSR count). The number of amides is 1. The molecule has 7 heteroatoms. The van der Waals surface area contributed by atoms with Crippen LogP contribution >= 0.6 is 0 Å². The average Bonchev–Trinajstić information content (AvgIpc) is 2.44. The van der Waals surface area contributed by atoms with Crippen molar-refractivity contribution < 1.29 is 19.6 Å². The average molecular weight is 294 g/mol. The Balaban J connectivity index is 3.15. The van der Waals surface area contributed by atoms with Gasteiger partial charge in [0.1, 0.15) is 0 Å². The molecule has 0 atom stereocenters. The normalized spacial score (nSPS) is 10.2. The molecule has 0 bridgehead atoms. The molecule has 0 saturated heterocycles. The molecular formula is C14H18N2O5. The van der Waals surface area contributed by atoms with Crippen LogP contribution in [0.4, 0.5) is 5.69 Å². The van der Waals surface area contributed by atoms with Gasteiger partial charge in [0.15, 0.2) is 0 Å². The number of anilines is 1. The molecule has 1 aromatic rings. The van der Waals surface area contributed by atoms with Gasteiger partial charge in [-0.15, -0.1) is 0 Å². The molecule has 7 nitrogen and oxygen atoms in total. The van der Waals surface area contributed by atoms with Gasteiger partial charge in [0.2, 0.25) is 12.5 Å². The first kappa shape index (κ1) is 16.6. The SMILES string of the molecule is CCCC(=O)N(C)c1cc(C(=O)O)ccc1CC[N+](=O)[O-]. The van der Waals surface area contributed by atoms with Crippen molar-refractivity contribution in [3.8, 4) is 0 Å². The van der Waals surface area contributed by atoms with Crippen LogP contribution in [0, 0.1) is 10.1 Å². The van der Waals surface area contributed by atoms with Gasteiger partial charge < -0.3 is 10.0 Å². The molecule has 0 aromatic heterocycles. The Labute approximate surface area is 122 Å². The Morgan fingerprint density at radius 3 is 2.57 bits per heavy atom. The van der Waals surface area contributed by atoms with Crippen LogP contribution in [0.15, 0.2) is 18.2 Å². The van der Waals surface area contributed by atoms with Crippen molar-refractivity contribution in [1.29, 1.82) is 0 Å². The summed E-state index contributed by atoms with van der Waals surface area (Å²) in [5, 5.41) is 19.5. The highest BCUT2D eigenvalue weighted by atomic mass is 16.6. The lowest BCUT2D eigenvalue weighted by Crippen LogP contribution is -2.27. The third-order valence-corrected chi connectivity index (χ3v) is 3.10. The van der Waals surface area contributed by atoms with Crippen LogP contribution in [-0.4, -0.2) is 35.5 Å². The van der Waals surface area contributed by atoms with E-state index in [4.69, 9.17) is 5.11 Å². The molecule has 21 heavy (non-hydrogen) atoms. The summed E-state index contributed by atoms with van der Waals surface area (Å²) in [5.74, 6) is -1.25. The summed E-state index contributed by atoms with van der Waals surface area (Å²) in [6, 6.07) is 4.29. The Morgan fingerprint density at radius 2 is 2.05 bits per heavy atom. The van der Waals surface area contributed by atoms with Crippen LogP contribution in [0.25, 0.3) is 0 Å². The van der Waals surface area contributed by atoms with Crippen molar-refractivity contribution in [3.05, 3.63) is 39.4 Å². The van der Waals surface area contributed by atoms with Gasteiger partial charge in [-0.1, -0.05) is 13.0 Å². The number of carbonyl (C=O) groups is 2. The zero-order valence-corrected chi connectivity index (χ0v) is 12.0. The largest absolute Gasteiger partial charge is 0.478 e. The lowest BCUT2D eigenvalue weighted by molar-refractivity contribution is -0.479. The Hall–Kier alpha value is -2.44. The molecule has 0 spiro atoms. The van der Waals surface area contributed by atoms with Crippen molar-refractivity contribution in [1.82, 2.24) is 0 Å². The molecule has 0 aliphatic heterocycles. The maximum Gasteiger partial charge on any atom is 0.335 e. The minimum absolute atomic E-state index is 0.0472. The minimum Gasteiger partial charge on any atom is -0.478 e. The van der Waals surface area contributed by atoms with Crippen molar-refractivity contribution >= 4 is 17.6 Å².